The third kappa shape index (κ3) is 3.32. The molecule has 1 unspecified atom stereocenters. The Balaban J connectivity index is 1.71. The smallest absolute Gasteiger partial charge is 0.141 e. The SMILES string of the molecule is Cc1ccc(C)n1-c1ncccc1C1CCCCN1Cc1ccccc1. The van der Waals surface area contributed by atoms with Crippen LogP contribution in [0.4, 0.5) is 0 Å². The number of hydrogen-bond acceptors (Lipinski definition) is 2. The maximum absolute atomic E-state index is 4.80. The molecule has 0 radical (unpaired) electrons. The van der Waals surface area contributed by atoms with Crippen molar-refractivity contribution in [2.45, 2.75) is 45.7 Å². The summed E-state index contributed by atoms with van der Waals surface area (Å²) in [6, 6.07) is 20.0. The van der Waals surface area contributed by atoms with E-state index in [1.165, 1.54) is 41.8 Å². The van der Waals surface area contributed by atoms with E-state index >= 15 is 0 Å². The molecule has 1 fully saturated rings. The fraction of sp³-hybridized carbons (Fsp3) is 0.348. The van der Waals surface area contributed by atoms with Gasteiger partial charge in [0.25, 0.3) is 0 Å². The molecule has 0 aliphatic carbocycles. The number of piperidine rings is 1. The number of nitrogens with zero attached hydrogens (tertiary/aromatic N) is 3. The molecule has 0 bridgehead atoms. The molecule has 0 N–H and O–H groups in total. The Bertz CT molecular complexity index is 847. The van der Waals surface area contributed by atoms with Crippen LogP contribution < -0.4 is 0 Å². The monoisotopic (exact) mass is 345 g/mol. The van der Waals surface area contributed by atoms with Crippen LogP contribution >= 0.6 is 0 Å². The second kappa shape index (κ2) is 7.46. The average molecular weight is 345 g/mol. The predicted octanol–water partition coefficient (Wildman–Crippen LogP) is 5.22. The Labute approximate surface area is 156 Å². The van der Waals surface area contributed by atoms with E-state index in [-0.39, 0.29) is 0 Å². The Morgan fingerprint density at radius 1 is 0.923 bits per heavy atom. The first-order chi connectivity index (χ1) is 12.7. The minimum Gasteiger partial charge on any atom is -0.303 e. The van der Waals surface area contributed by atoms with Gasteiger partial charge in [0.1, 0.15) is 5.82 Å². The molecule has 3 nitrogen and oxygen atoms in total. The number of hydrogen-bond donors (Lipinski definition) is 0. The van der Waals surface area contributed by atoms with Crippen molar-refractivity contribution in [3.63, 3.8) is 0 Å². The van der Waals surface area contributed by atoms with Crippen molar-refractivity contribution in [3.05, 3.63) is 83.3 Å². The summed E-state index contributed by atoms with van der Waals surface area (Å²) in [5.74, 6) is 1.09. The van der Waals surface area contributed by atoms with E-state index in [9.17, 15) is 0 Å². The van der Waals surface area contributed by atoms with E-state index in [1.807, 2.05) is 6.20 Å². The highest BCUT2D eigenvalue weighted by Crippen LogP contribution is 2.35. The maximum atomic E-state index is 4.80. The summed E-state index contributed by atoms with van der Waals surface area (Å²) in [4.78, 5) is 7.43. The number of benzene rings is 1. The van der Waals surface area contributed by atoms with Crippen molar-refractivity contribution in [1.82, 2.24) is 14.5 Å². The summed E-state index contributed by atoms with van der Waals surface area (Å²) in [6.45, 7) is 6.48. The van der Waals surface area contributed by atoms with Crippen molar-refractivity contribution in [1.29, 1.82) is 0 Å². The van der Waals surface area contributed by atoms with E-state index in [0.29, 0.717) is 6.04 Å². The number of pyridine rings is 1. The quantitative estimate of drug-likeness (QED) is 0.647. The molecule has 1 aliphatic rings. The lowest BCUT2D eigenvalue weighted by molar-refractivity contribution is 0.140. The van der Waals surface area contributed by atoms with Crippen molar-refractivity contribution in [2.75, 3.05) is 6.54 Å². The molecule has 4 rings (SSSR count). The molecular weight excluding hydrogens is 318 g/mol. The molecule has 134 valence electrons. The molecule has 3 aromatic rings. The lowest BCUT2D eigenvalue weighted by Gasteiger charge is -2.37. The minimum atomic E-state index is 0.425. The summed E-state index contributed by atoms with van der Waals surface area (Å²) < 4.78 is 2.30. The highest BCUT2D eigenvalue weighted by molar-refractivity contribution is 5.41. The fourth-order valence-electron chi connectivity index (χ4n) is 4.21. The van der Waals surface area contributed by atoms with Crippen molar-refractivity contribution < 1.29 is 0 Å². The normalized spacial score (nSPS) is 18.2. The summed E-state index contributed by atoms with van der Waals surface area (Å²) in [6.07, 6.45) is 5.68. The van der Waals surface area contributed by atoms with Crippen LogP contribution in [0.2, 0.25) is 0 Å². The highest BCUT2D eigenvalue weighted by atomic mass is 15.2. The van der Waals surface area contributed by atoms with Gasteiger partial charge in [-0.1, -0.05) is 42.8 Å². The van der Waals surface area contributed by atoms with Gasteiger partial charge >= 0.3 is 0 Å². The third-order valence-electron chi connectivity index (χ3n) is 5.50. The Kier molecular flexibility index (Phi) is 4.89. The first-order valence-electron chi connectivity index (χ1n) is 9.62. The van der Waals surface area contributed by atoms with Crippen LogP contribution in [-0.2, 0) is 6.54 Å². The summed E-state index contributed by atoms with van der Waals surface area (Å²) in [5.41, 5.74) is 5.23. The van der Waals surface area contributed by atoms with Gasteiger partial charge in [-0.05, 0) is 57.0 Å². The molecule has 26 heavy (non-hydrogen) atoms. The number of aryl methyl sites for hydroxylation is 2. The van der Waals surface area contributed by atoms with Gasteiger partial charge in [-0.2, -0.15) is 0 Å². The lowest BCUT2D eigenvalue weighted by atomic mass is 9.94. The number of likely N-dealkylation sites (tertiary alicyclic amines) is 1. The zero-order chi connectivity index (χ0) is 17.9. The molecule has 3 heterocycles. The van der Waals surface area contributed by atoms with Gasteiger partial charge in [-0.3, -0.25) is 4.90 Å². The first kappa shape index (κ1) is 17.0. The summed E-state index contributed by atoms with van der Waals surface area (Å²) in [7, 11) is 0. The van der Waals surface area contributed by atoms with Gasteiger partial charge in [0.15, 0.2) is 0 Å². The molecule has 1 aromatic carbocycles. The average Bonchev–Trinajstić information content (AvgIpc) is 3.01. The fourth-order valence-corrected chi connectivity index (χ4v) is 4.21. The Morgan fingerprint density at radius 3 is 2.46 bits per heavy atom. The van der Waals surface area contributed by atoms with Crippen LogP contribution in [0.5, 0.6) is 0 Å². The van der Waals surface area contributed by atoms with Crippen LogP contribution in [0.15, 0.2) is 60.8 Å². The third-order valence-corrected chi connectivity index (χ3v) is 5.50. The van der Waals surface area contributed by atoms with Gasteiger partial charge < -0.3 is 4.57 Å². The van der Waals surface area contributed by atoms with E-state index in [4.69, 9.17) is 4.98 Å². The highest BCUT2D eigenvalue weighted by Gasteiger charge is 2.27. The van der Waals surface area contributed by atoms with Crippen LogP contribution in [0.1, 0.15) is 47.8 Å². The molecule has 0 amide bonds. The number of aromatic nitrogens is 2. The summed E-state index contributed by atoms with van der Waals surface area (Å²) >= 11 is 0. The van der Waals surface area contributed by atoms with Gasteiger partial charge in [0.2, 0.25) is 0 Å². The van der Waals surface area contributed by atoms with E-state index in [1.54, 1.807) is 0 Å². The van der Waals surface area contributed by atoms with E-state index < -0.39 is 0 Å². The predicted molar refractivity (Wildman–Crippen MR) is 106 cm³/mol. The van der Waals surface area contributed by atoms with Crippen LogP contribution in [0, 0.1) is 13.8 Å². The minimum absolute atomic E-state index is 0.425. The standard InChI is InChI=1S/C23H27N3/c1-18-13-14-19(2)26(18)23-21(11-8-15-24-23)22-12-6-7-16-25(22)17-20-9-4-3-5-10-20/h3-5,8-11,13-15,22H,6-7,12,16-17H2,1-2H3. The maximum Gasteiger partial charge on any atom is 0.141 e. The van der Waals surface area contributed by atoms with Crippen LogP contribution in [-0.4, -0.2) is 21.0 Å². The topological polar surface area (TPSA) is 21.1 Å². The molecular formula is C23H27N3. The Hall–Kier alpha value is -2.39. The van der Waals surface area contributed by atoms with E-state index in [2.05, 4.69) is 77.9 Å². The molecule has 2 aromatic heterocycles. The van der Waals surface area contributed by atoms with Crippen molar-refractivity contribution >= 4 is 0 Å². The Morgan fingerprint density at radius 2 is 1.69 bits per heavy atom. The molecule has 1 aliphatic heterocycles. The van der Waals surface area contributed by atoms with E-state index in [0.717, 1.165) is 18.9 Å². The molecule has 3 heteroatoms. The number of rotatable bonds is 4. The van der Waals surface area contributed by atoms with Crippen LogP contribution in [0.25, 0.3) is 5.82 Å². The molecule has 0 spiro atoms. The molecule has 1 atom stereocenters. The van der Waals surface area contributed by atoms with Gasteiger partial charge in [0, 0.05) is 35.7 Å². The zero-order valence-electron chi connectivity index (χ0n) is 15.7. The largest absolute Gasteiger partial charge is 0.303 e. The first-order valence-corrected chi connectivity index (χ1v) is 9.62. The second-order valence-corrected chi connectivity index (χ2v) is 7.34. The molecule has 0 saturated carbocycles. The van der Waals surface area contributed by atoms with Crippen LogP contribution in [0.3, 0.4) is 0 Å². The zero-order valence-corrected chi connectivity index (χ0v) is 15.7. The van der Waals surface area contributed by atoms with Gasteiger partial charge in [-0.25, -0.2) is 4.98 Å². The molecule has 1 saturated heterocycles. The lowest BCUT2D eigenvalue weighted by Crippen LogP contribution is -2.33. The van der Waals surface area contributed by atoms with Gasteiger partial charge in [0.05, 0.1) is 0 Å². The van der Waals surface area contributed by atoms with Crippen molar-refractivity contribution in [3.8, 4) is 5.82 Å². The van der Waals surface area contributed by atoms with Crippen molar-refractivity contribution in [2.24, 2.45) is 0 Å². The van der Waals surface area contributed by atoms with Gasteiger partial charge in [-0.15, -0.1) is 0 Å². The summed E-state index contributed by atoms with van der Waals surface area (Å²) in [5, 5.41) is 0. The second-order valence-electron chi connectivity index (χ2n) is 7.34.